The lowest BCUT2D eigenvalue weighted by molar-refractivity contribution is 0.0956. The van der Waals surface area contributed by atoms with Gasteiger partial charge in [-0.25, -0.2) is 0 Å². The maximum atomic E-state index is 11.5. The Kier molecular flexibility index (Phi) is 5.21. The number of hydrogen-bond acceptors (Lipinski definition) is 2. The highest BCUT2D eigenvalue weighted by atomic mass is 127. The Morgan fingerprint density at radius 2 is 2.31 bits per heavy atom. The minimum atomic E-state index is -0.0227. The normalized spacial score (nSPS) is 10.1. The van der Waals surface area contributed by atoms with Crippen LogP contribution >= 0.6 is 65.8 Å². The minimum absolute atomic E-state index is 0.0227. The van der Waals surface area contributed by atoms with Crippen LogP contribution in [0.3, 0.4) is 0 Å². The summed E-state index contributed by atoms with van der Waals surface area (Å²) in [6.07, 6.45) is 0. The molecule has 6 heteroatoms. The van der Waals surface area contributed by atoms with Crippen LogP contribution < -0.4 is 5.32 Å². The fraction of sp³-hybridized carbons (Fsp3) is 0.286. The number of nitrogens with one attached hydrogen (secondary N) is 1. The molecule has 0 radical (unpaired) electrons. The summed E-state index contributed by atoms with van der Waals surface area (Å²) in [4.78, 5) is 11.5. The van der Waals surface area contributed by atoms with E-state index in [2.05, 4.69) is 59.8 Å². The Hall–Kier alpha value is 0.860. The molecule has 0 unspecified atom stereocenters. The Labute approximate surface area is 111 Å². The van der Waals surface area contributed by atoms with Crippen molar-refractivity contribution in [2.75, 3.05) is 11.0 Å². The summed E-state index contributed by atoms with van der Waals surface area (Å²) in [6, 6.07) is 1.82. The van der Waals surface area contributed by atoms with Gasteiger partial charge in [-0.2, -0.15) is 0 Å². The zero-order valence-electron chi connectivity index (χ0n) is 6.44. The summed E-state index contributed by atoms with van der Waals surface area (Å²) in [5.74, 6) is -0.0227. The molecule has 0 aliphatic carbocycles. The van der Waals surface area contributed by atoms with Gasteiger partial charge in [0.1, 0.15) is 0 Å². The number of halogens is 3. The fourth-order valence-electron chi connectivity index (χ4n) is 0.751. The molecule has 0 aromatic carbocycles. The van der Waals surface area contributed by atoms with Gasteiger partial charge in [0.25, 0.3) is 5.91 Å². The van der Waals surface area contributed by atoms with Crippen molar-refractivity contribution in [2.45, 2.75) is 0 Å². The second-order valence-corrected chi connectivity index (χ2v) is 7.01. The molecule has 1 aromatic heterocycles. The molecule has 0 fully saturated rings. The van der Waals surface area contributed by atoms with E-state index >= 15 is 0 Å². The second kappa shape index (κ2) is 5.67. The van der Waals surface area contributed by atoms with Gasteiger partial charge in [0.2, 0.25) is 0 Å². The first-order chi connectivity index (χ1) is 6.15. The predicted molar refractivity (Wildman–Crippen MR) is 70.9 cm³/mol. The molecule has 1 heterocycles. The van der Waals surface area contributed by atoms with Crippen molar-refractivity contribution in [3.05, 3.63) is 19.2 Å². The van der Waals surface area contributed by atoms with E-state index in [4.69, 9.17) is 0 Å². The van der Waals surface area contributed by atoms with Crippen LogP contribution in [0.25, 0.3) is 0 Å². The Bertz CT molecular complexity index is 315. The molecule has 0 bridgehead atoms. The zero-order valence-corrected chi connectivity index (χ0v) is 12.6. The topological polar surface area (TPSA) is 29.1 Å². The van der Waals surface area contributed by atoms with Gasteiger partial charge in [-0.15, -0.1) is 11.3 Å². The summed E-state index contributed by atoms with van der Waals surface area (Å²) in [5.41, 5.74) is 0.696. The molecule has 0 aliphatic rings. The highest BCUT2D eigenvalue weighted by molar-refractivity contribution is 14.1. The molecule has 72 valence electrons. The maximum Gasteiger partial charge on any atom is 0.253 e. The smallest absolute Gasteiger partial charge is 0.253 e. The molecule has 0 spiro atoms. The Morgan fingerprint density at radius 1 is 1.62 bits per heavy atom. The van der Waals surface area contributed by atoms with Crippen LogP contribution in [0.15, 0.2) is 13.6 Å². The summed E-state index contributed by atoms with van der Waals surface area (Å²) < 4.78 is 2.75. The number of carbonyl (C=O) groups is 1. The minimum Gasteiger partial charge on any atom is -0.351 e. The average Bonchev–Trinajstić information content (AvgIpc) is 2.41. The molecule has 1 rings (SSSR count). The van der Waals surface area contributed by atoms with E-state index in [0.717, 1.165) is 12.0 Å². The lowest BCUT2D eigenvalue weighted by Gasteiger charge is -2.00. The molecule has 0 aliphatic heterocycles. The van der Waals surface area contributed by atoms with Crippen molar-refractivity contribution >= 4 is 71.7 Å². The predicted octanol–water partition coefficient (Wildman–Crippen LogP) is 3.44. The van der Waals surface area contributed by atoms with Crippen molar-refractivity contribution < 1.29 is 4.79 Å². The Morgan fingerprint density at radius 3 is 2.77 bits per heavy atom. The van der Waals surface area contributed by atoms with Gasteiger partial charge in [0.05, 0.1) is 13.1 Å². The number of alkyl halides is 1. The highest BCUT2D eigenvalue weighted by Gasteiger charge is 2.12. The average molecular weight is 439 g/mol. The van der Waals surface area contributed by atoms with E-state index in [9.17, 15) is 4.79 Å². The van der Waals surface area contributed by atoms with Crippen molar-refractivity contribution in [3.8, 4) is 0 Å². The SMILES string of the molecule is O=C(NCCI)c1cc(Br)sc1Br. The summed E-state index contributed by atoms with van der Waals surface area (Å²) in [5, 5.41) is 2.81. The third-order valence-corrected chi connectivity index (χ3v) is 4.16. The van der Waals surface area contributed by atoms with Gasteiger partial charge in [0, 0.05) is 11.0 Å². The third kappa shape index (κ3) is 3.49. The molecule has 1 amide bonds. The summed E-state index contributed by atoms with van der Waals surface area (Å²) >= 11 is 10.4. The first-order valence-electron chi connectivity index (χ1n) is 3.44. The van der Waals surface area contributed by atoms with Gasteiger partial charge >= 0.3 is 0 Å². The molecule has 13 heavy (non-hydrogen) atoms. The maximum absolute atomic E-state index is 11.5. The van der Waals surface area contributed by atoms with Crippen molar-refractivity contribution in [2.24, 2.45) is 0 Å². The van der Waals surface area contributed by atoms with Gasteiger partial charge in [-0.05, 0) is 37.9 Å². The van der Waals surface area contributed by atoms with Crippen LogP contribution in [-0.4, -0.2) is 16.9 Å². The molecular formula is C7H6Br2INOS. The van der Waals surface area contributed by atoms with Gasteiger partial charge in [-0.1, -0.05) is 22.6 Å². The van der Waals surface area contributed by atoms with Crippen LogP contribution in [0.1, 0.15) is 10.4 Å². The molecular weight excluding hydrogens is 433 g/mol. The van der Waals surface area contributed by atoms with Crippen molar-refractivity contribution in [1.29, 1.82) is 0 Å². The van der Waals surface area contributed by atoms with E-state index in [1.807, 2.05) is 6.07 Å². The number of carbonyl (C=O) groups excluding carboxylic acids is 1. The van der Waals surface area contributed by atoms with E-state index in [1.165, 1.54) is 11.3 Å². The fourth-order valence-corrected chi connectivity index (χ4v) is 3.81. The van der Waals surface area contributed by atoms with Gasteiger partial charge in [0.15, 0.2) is 0 Å². The first kappa shape index (κ1) is 11.9. The zero-order chi connectivity index (χ0) is 9.84. The number of thiophene rings is 1. The largest absolute Gasteiger partial charge is 0.351 e. The van der Waals surface area contributed by atoms with Gasteiger partial charge < -0.3 is 5.32 Å². The molecule has 0 saturated carbocycles. The Balaban J connectivity index is 2.70. The van der Waals surface area contributed by atoms with Crippen LogP contribution in [0.4, 0.5) is 0 Å². The van der Waals surface area contributed by atoms with Crippen LogP contribution in [0.5, 0.6) is 0 Å². The quantitative estimate of drug-likeness (QED) is 0.568. The standard InChI is InChI=1S/C7H6Br2INOS/c8-5-3-4(6(9)13-5)7(12)11-2-1-10/h3H,1-2H2,(H,11,12). The van der Waals surface area contributed by atoms with Crippen molar-refractivity contribution in [1.82, 2.24) is 5.32 Å². The van der Waals surface area contributed by atoms with E-state index < -0.39 is 0 Å². The lowest BCUT2D eigenvalue weighted by Crippen LogP contribution is -2.24. The molecule has 1 N–H and O–H groups in total. The lowest BCUT2D eigenvalue weighted by atomic mass is 10.3. The monoisotopic (exact) mass is 437 g/mol. The molecule has 0 saturated heterocycles. The molecule has 1 aromatic rings. The molecule has 0 atom stereocenters. The first-order valence-corrected chi connectivity index (χ1v) is 7.37. The van der Waals surface area contributed by atoms with Crippen LogP contribution in [0, 0.1) is 0 Å². The number of rotatable bonds is 3. The van der Waals surface area contributed by atoms with E-state index in [1.54, 1.807) is 0 Å². The van der Waals surface area contributed by atoms with Crippen LogP contribution in [0.2, 0.25) is 0 Å². The van der Waals surface area contributed by atoms with Crippen molar-refractivity contribution in [3.63, 3.8) is 0 Å². The van der Waals surface area contributed by atoms with E-state index in [0.29, 0.717) is 12.1 Å². The number of hydrogen-bond donors (Lipinski definition) is 1. The summed E-state index contributed by atoms with van der Waals surface area (Å²) in [7, 11) is 0. The summed E-state index contributed by atoms with van der Waals surface area (Å²) in [6.45, 7) is 0.708. The number of amides is 1. The highest BCUT2D eigenvalue weighted by Crippen LogP contribution is 2.31. The molecule has 2 nitrogen and oxygen atoms in total. The third-order valence-electron chi connectivity index (χ3n) is 1.28. The van der Waals surface area contributed by atoms with E-state index in [-0.39, 0.29) is 5.91 Å². The van der Waals surface area contributed by atoms with Crippen LogP contribution in [-0.2, 0) is 0 Å². The van der Waals surface area contributed by atoms with Gasteiger partial charge in [-0.3, -0.25) is 4.79 Å². The second-order valence-electron chi connectivity index (χ2n) is 2.18.